The Labute approximate surface area is 114 Å². The number of unbranched alkanes of at least 4 members (excludes halogenated alkanes) is 1. The molecule has 1 aliphatic rings. The summed E-state index contributed by atoms with van der Waals surface area (Å²) in [6.07, 6.45) is 10.4. The molecule has 2 N–H and O–H groups in total. The standard InChI is InChI=1S/C16H33NO/c1-4-7-8-14(5-2)13-16(18)11-9-15(10-12-16)17-6-3/h14-15,17-18H,4-13H2,1-3H3. The van der Waals surface area contributed by atoms with Gasteiger partial charge < -0.3 is 10.4 Å². The molecule has 0 spiro atoms. The summed E-state index contributed by atoms with van der Waals surface area (Å²) in [5.41, 5.74) is -0.361. The van der Waals surface area contributed by atoms with Gasteiger partial charge >= 0.3 is 0 Å². The summed E-state index contributed by atoms with van der Waals surface area (Å²) in [5.74, 6) is 0.727. The highest BCUT2D eigenvalue weighted by Crippen LogP contribution is 2.35. The zero-order chi connectivity index (χ0) is 13.4. The monoisotopic (exact) mass is 255 g/mol. The second-order valence-electron chi connectivity index (χ2n) is 6.18. The predicted octanol–water partition coefficient (Wildman–Crippen LogP) is 3.88. The van der Waals surface area contributed by atoms with Crippen molar-refractivity contribution in [2.75, 3.05) is 6.54 Å². The largest absolute Gasteiger partial charge is 0.390 e. The van der Waals surface area contributed by atoms with Crippen LogP contribution in [0.25, 0.3) is 0 Å². The molecule has 0 aliphatic heterocycles. The van der Waals surface area contributed by atoms with E-state index in [0.717, 1.165) is 44.6 Å². The van der Waals surface area contributed by atoms with Crippen LogP contribution in [0.2, 0.25) is 0 Å². The van der Waals surface area contributed by atoms with Crippen molar-refractivity contribution in [1.82, 2.24) is 5.32 Å². The quantitative estimate of drug-likeness (QED) is 0.690. The Morgan fingerprint density at radius 2 is 1.89 bits per heavy atom. The molecule has 0 heterocycles. The van der Waals surface area contributed by atoms with E-state index in [1.807, 2.05) is 0 Å². The third kappa shape index (κ3) is 5.27. The molecule has 0 aromatic carbocycles. The van der Waals surface area contributed by atoms with E-state index < -0.39 is 0 Å². The minimum absolute atomic E-state index is 0.361. The van der Waals surface area contributed by atoms with Crippen LogP contribution in [-0.4, -0.2) is 23.3 Å². The van der Waals surface area contributed by atoms with E-state index >= 15 is 0 Å². The van der Waals surface area contributed by atoms with Crippen LogP contribution in [0.5, 0.6) is 0 Å². The summed E-state index contributed by atoms with van der Waals surface area (Å²) in [4.78, 5) is 0. The van der Waals surface area contributed by atoms with Crippen LogP contribution in [0.3, 0.4) is 0 Å². The Bertz CT molecular complexity index is 209. The second kappa shape index (κ2) is 8.16. The average molecular weight is 255 g/mol. The van der Waals surface area contributed by atoms with E-state index in [9.17, 15) is 5.11 Å². The summed E-state index contributed by atoms with van der Waals surface area (Å²) < 4.78 is 0. The first-order chi connectivity index (χ1) is 8.63. The van der Waals surface area contributed by atoms with Crippen molar-refractivity contribution in [3.05, 3.63) is 0 Å². The van der Waals surface area contributed by atoms with Crippen LogP contribution in [-0.2, 0) is 0 Å². The summed E-state index contributed by atoms with van der Waals surface area (Å²) >= 11 is 0. The molecule has 0 amide bonds. The van der Waals surface area contributed by atoms with Gasteiger partial charge in [0.1, 0.15) is 0 Å². The van der Waals surface area contributed by atoms with Crippen LogP contribution in [0, 0.1) is 5.92 Å². The molecule has 108 valence electrons. The molecule has 0 aromatic heterocycles. The lowest BCUT2D eigenvalue weighted by Crippen LogP contribution is -2.42. The normalized spacial score (nSPS) is 30.3. The molecule has 1 aliphatic carbocycles. The maximum atomic E-state index is 10.7. The highest BCUT2D eigenvalue weighted by atomic mass is 16.3. The highest BCUT2D eigenvalue weighted by Gasteiger charge is 2.34. The molecule has 0 saturated heterocycles. The molecule has 1 unspecified atom stereocenters. The summed E-state index contributed by atoms with van der Waals surface area (Å²) in [5, 5.41) is 14.2. The Hall–Kier alpha value is -0.0800. The van der Waals surface area contributed by atoms with Gasteiger partial charge in [0, 0.05) is 6.04 Å². The zero-order valence-corrected chi connectivity index (χ0v) is 12.7. The Morgan fingerprint density at radius 1 is 1.22 bits per heavy atom. The van der Waals surface area contributed by atoms with Gasteiger partial charge in [0.25, 0.3) is 0 Å². The Kier molecular flexibility index (Phi) is 7.25. The first kappa shape index (κ1) is 16.0. The maximum absolute atomic E-state index is 10.7. The maximum Gasteiger partial charge on any atom is 0.0651 e. The third-order valence-corrected chi connectivity index (χ3v) is 4.62. The minimum atomic E-state index is -0.361. The van der Waals surface area contributed by atoms with Crippen LogP contribution in [0.1, 0.15) is 78.6 Å². The van der Waals surface area contributed by atoms with Crippen molar-refractivity contribution in [2.45, 2.75) is 90.2 Å². The molecule has 2 heteroatoms. The summed E-state index contributed by atoms with van der Waals surface area (Å²) in [6.45, 7) is 7.74. The van der Waals surface area contributed by atoms with Gasteiger partial charge in [-0.05, 0) is 44.6 Å². The Balaban J connectivity index is 2.36. The van der Waals surface area contributed by atoms with Crippen molar-refractivity contribution in [1.29, 1.82) is 0 Å². The van der Waals surface area contributed by atoms with Gasteiger partial charge in [0.05, 0.1) is 5.60 Å². The van der Waals surface area contributed by atoms with Crippen molar-refractivity contribution >= 4 is 0 Å². The van der Waals surface area contributed by atoms with Gasteiger partial charge in [-0.2, -0.15) is 0 Å². The number of hydrogen-bond donors (Lipinski definition) is 2. The lowest BCUT2D eigenvalue weighted by atomic mass is 9.75. The SMILES string of the molecule is CCCCC(CC)CC1(O)CCC(NCC)CC1. The van der Waals surface area contributed by atoms with E-state index in [4.69, 9.17) is 0 Å². The van der Waals surface area contributed by atoms with Crippen molar-refractivity contribution in [3.8, 4) is 0 Å². The smallest absolute Gasteiger partial charge is 0.0651 e. The third-order valence-electron chi connectivity index (χ3n) is 4.62. The topological polar surface area (TPSA) is 32.3 Å². The molecular formula is C16H33NO. The van der Waals surface area contributed by atoms with E-state index in [0.29, 0.717) is 6.04 Å². The first-order valence-corrected chi connectivity index (χ1v) is 8.09. The fourth-order valence-corrected chi connectivity index (χ4v) is 3.33. The van der Waals surface area contributed by atoms with Gasteiger partial charge in [0.2, 0.25) is 0 Å². The number of nitrogens with one attached hydrogen (secondary N) is 1. The second-order valence-corrected chi connectivity index (χ2v) is 6.18. The van der Waals surface area contributed by atoms with E-state index in [2.05, 4.69) is 26.1 Å². The van der Waals surface area contributed by atoms with Crippen molar-refractivity contribution in [3.63, 3.8) is 0 Å². The average Bonchev–Trinajstić information content (AvgIpc) is 2.38. The van der Waals surface area contributed by atoms with Crippen molar-refractivity contribution < 1.29 is 5.11 Å². The number of aliphatic hydroxyl groups is 1. The molecule has 18 heavy (non-hydrogen) atoms. The van der Waals surface area contributed by atoms with Gasteiger partial charge in [-0.1, -0.05) is 46.5 Å². The van der Waals surface area contributed by atoms with Crippen LogP contribution in [0.4, 0.5) is 0 Å². The van der Waals surface area contributed by atoms with E-state index in [-0.39, 0.29) is 5.60 Å². The molecule has 1 atom stereocenters. The number of hydrogen-bond acceptors (Lipinski definition) is 2. The lowest BCUT2D eigenvalue weighted by molar-refractivity contribution is -0.0255. The van der Waals surface area contributed by atoms with Crippen LogP contribution < -0.4 is 5.32 Å². The first-order valence-electron chi connectivity index (χ1n) is 8.09. The molecule has 1 fully saturated rings. The van der Waals surface area contributed by atoms with Gasteiger partial charge in [0.15, 0.2) is 0 Å². The molecule has 2 nitrogen and oxygen atoms in total. The van der Waals surface area contributed by atoms with E-state index in [1.165, 1.54) is 25.7 Å². The van der Waals surface area contributed by atoms with E-state index in [1.54, 1.807) is 0 Å². The minimum Gasteiger partial charge on any atom is -0.390 e. The lowest BCUT2D eigenvalue weighted by Gasteiger charge is -2.38. The fraction of sp³-hybridized carbons (Fsp3) is 1.00. The Morgan fingerprint density at radius 3 is 2.39 bits per heavy atom. The fourth-order valence-electron chi connectivity index (χ4n) is 3.33. The summed E-state index contributed by atoms with van der Waals surface area (Å²) in [6, 6.07) is 0.644. The molecule has 0 radical (unpaired) electrons. The number of rotatable bonds is 8. The molecule has 0 bridgehead atoms. The molecule has 1 rings (SSSR count). The van der Waals surface area contributed by atoms with Crippen LogP contribution in [0.15, 0.2) is 0 Å². The van der Waals surface area contributed by atoms with Gasteiger partial charge in [-0.15, -0.1) is 0 Å². The molecule has 1 saturated carbocycles. The summed E-state index contributed by atoms with van der Waals surface area (Å²) in [7, 11) is 0. The molecule has 0 aromatic rings. The molecular weight excluding hydrogens is 222 g/mol. The van der Waals surface area contributed by atoms with Crippen LogP contribution >= 0.6 is 0 Å². The highest BCUT2D eigenvalue weighted by molar-refractivity contribution is 4.89. The van der Waals surface area contributed by atoms with Crippen molar-refractivity contribution in [2.24, 2.45) is 5.92 Å². The van der Waals surface area contributed by atoms with Gasteiger partial charge in [-0.3, -0.25) is 0 Å². The predicted molar refractivity (Wildman–Crippen MR) is 78.8 cm³/mol. The zero-order valence-electron chi connectivity index (χ0n) is 12.7. The van der Waals surface area contributed by atoms with Gasteiger partial charge in [-0.25, -0.2) is 0 Å².